The molecule has 1 aliphatic heterocycles. The molecular formula is C15H20ClNO2. The Balaban J connectivity index is 1.95. The lowest BCUT2D eigenvalue weighted by molar-refractivity contribution is -0.139. The van der Waals surface area contributed by atoms with E-state index in [4.69, 9.17) is 16.3 Å². The number of carbonyl (C=O) groups is 1. The molecule has 1 fully saturated rings. The largest absolute Gasteiger partial charge is 0.481 e. The van der Waals surface area contributed by atoms with Gasteiger partial charge in [0.05, 0.1) is 0 Å². The predicted octanol–water partition coefficient (Wildman–Crippen LogP) is 3.37. The molecule has 1 heterocycles. The van der Waals surface area contributed by atoms with Crippen molar-refractivity contribution < 1.29 is 9.53 Å². The molecule has 1 saturated heterocycles. The van der Waals surface area contributed by atoms with E-state index in [1.54, 1.807) is 19.1 Å². The Morgan fingerprint density at radius 3 is 3.00 bits per heavy atom. The highest BCUT2D eigenvalue weighted by molar-refractivity contribution is 6.30. The van der Waals surface area contributed by atoms with Gasteiger partial charge < -0.3 is 9.64 Å². The van der Waals surface area contributed by atoms with E-state index in [0.717, 1.165) is 19.5 Å². The topological polar surface area (TPSA) is 29.5 Å². The van der Waals surface area contributed by atoms with Crippen LogP contribution in [0.2, 0.25) is 5.02 Å². The lowest BCUT2D eigenvalue weighted by Gasteiger charge is -2.32. The fourth-order valence-electron chi connectivity index (χ4n) is 2.44. The maximum Gasteiger partial charge on any atom is 0.263 e. The van der Waals surface area contributed by atoms with Crippen LogP contribution in [0.15, 0.2) is 24.3 Å². The summed E-state index contributed by atoms with van der Waals surface area (Å²) in [5.74, 6) is 1.28. The second-order valence-electron chi connectivity index (χ2n) is 5.25. The molecule has 0 saturated carbocycles. The normalized spacial score (nSPS) is 21.0. The van der Waals surface area contributed by atoms with Crippen molar-refractivity contribution in [3.8, 4) is 5.75 Å². The fourth-order valence-corrected chi connectivity index (χ4v) is 2.62. The average Bonchev–Trinajstić information content (AvgIpc) is 2.38. The van der Waals surface area contributed by atoms with Crippen LogP contribution in [0.1, 0.15) is 26.7 Å². The molecule has 1 aliphatic rings. The minimum absolute atomic E-state index is 0.0616. The molecule has 0 N–H and O–H groups in total. The zero-order chi connectivity index (χ0) is 13.8. The first kappa shape index (κ1) is 14.2. The average molecular weight is 282 g/mol. The first-order chi connectivity index (χ1) is 9.06. The van der Waals surface area contributed by atoms with E-state index in [9.17, 15) is 4.79 Å². The van der Waals surface area contributed by atoms with Crippen molar-refractivity contribution in [2.75, 3.05) is 13.1 Å². The number of piperidine rings is 1. The van der Waals surface area contributed by atoms with Crippen LogP contribution in [0.4, 0.5) is 0 Å². The third kappa shape index (κ3) is 3.87. The number of hydrogen-bond donors (Lipinski definition) is 0. The lowest BCUT2D eigenvalue weighted by atomic mass is 10.00. The summed E-state index contributed by atoms with van der Waals surface area (Å²) >= 11 is 5.90. The summed E-state index contributed by atoms with van der Waals surface area (Å²) in [4.78, 5) is 14.2. The van der Waals surface area contributed by atoms with Crippen molar-refractivity contribution in [2.24, 2.45) is 5.92 Å². The number of halogens is 1. The van der Waals surface area contributed by atoms with Gasteiger partial charge in [0.25, 0.3) is 5.91 Å². The van der Waals surface area contributed by atoms with Gasteiger partial charge in [-0.3, -0.25) is 4.79 Å². The maximum atomic E-state index is 12.3. The highest BCUT2D eigenvalue weighted by atomic mass is 35.5. The highest BCUT2D eigenvalue weighted by Gasteiger charge is 2.26. The molecule has 0 radical (unpaired) electrons. The second kappa shape index (κ2) is 6.29. The van der Waals surface area contributed by atoms with Crippen LogP contribution in [-0.2, 0) is 4.79 Å². The minimum atomic E-state index is -0.469. The number of ether oxygens (including phenoxy) is 1. The Bertz CT molecular complexity index is 450. The molecular weight excluding hydrogens is 262 g/mol. The molecule has 2 unspecified atom stereocenters. The fraction of sp³-hybridized carbons (Fsp3) is 0.533. The molecule has 1 aromatic rings. The van der Waals surface area contributed by atoms with E-state index in [1.807, 2.05) is 17.0 Å². The monoisotopic (exact) mass is 281 g/mol. The number of carbonyl (C=O) groups excluding carboxylic acids is 1. The summed E-state index contributed by atoms with van der Waals surface area (Å²) in [7, 11) is 0. The van der Waals surface area contributed by atoms with Gasteiger partial charge in [-0.2, -0.15) is 0 Å². The van der Waals surface area contributed by atoms with E-state index in [1.165, 1.54) is 6.42 Å². The number of nitrogens with zero attached hydrogens (tertiary/aromatic N) is 1. The zero-order valence-electron chi connectivity index (χ0n) is 11.4. The van der Waals surface area contributed by atoms with Crippen LogP contribution >= 0.6 is 11.6 Å². The van der Waals surface area contributed by atoms with Gasteiger partial charge >= 0.3 is 0 Å². The summed E-state index contributed by atoms with van der Waals surface area (Å²) in [5, 5.41) is 0.615. The van der Waals surface area contributed by atoms with Gasteiger partial charge in [0.2, 0.25) is 0 Å². The Labute approximate surface area is 119 Å². The molecule has 2 rings (SSSR count). The van der Waals surface area contributed by atoms with Gasteiger partial charge in [-0.05, 0) is 43.9 Å². The van der Waals surface area contributed by atoms with Gasteiger partial charge in [0.15, 0.2) is 6.10 Å². The van der Waals surface area contributed by atoms with Crippen molar-refractivity contribution in [3.63, 3.8) is 0 Å². The molecule has 2 atom stereocenters. The predicted molar refractivity (Wildman–Crippen MR) is 76.5 cm³/mol. The van der Waals surface area contributed by atoms with Crippen molar-refractivity contribution in [3.05, 3.63) is 29.3 Å². The number of hydrogen-bond acceptors (Lipinski definition) is 2. The molecule has 0 aromatic heterocycles. The van der Waals surface area contributed by atoms with Crippen LogP contribution in [-0.4, -0.2) is 30.0 Å². The molecule has 0 aliphatic carbocycles. The molecule has 0 bridgehead atoms. The van der Waals surface area contributed by atoms with Gasteiger partial charge in [-0.1, -0.05) is 24.6 Å². The molecule has 0 spiro atoms. The van der Waals surface area contributed by atoms with Gasteiger partial charge in [-0.25, -0.2) is 0 Å². The van der Waals surface area contributed by atoms with Crippen molar-refractivity contribution in [2.45, 2.75) is 32.8 Å². The Morgan fingerprint density at radius 1 is 1.53 bits per heavy atom. The molecule has 3 nitrogen and oxygen atoms in total. The number of benzene rings is 1. The van der Waals surface area contributed by atoms with Crippen LogP contribution in [0.25, 0.3) is 0 Å². The van der Waals surface area contributed by atoms with Crippen LogP contribution in [0.3, 0.4) is 0 Å². The summed E-state index contributed by atoms with van der Waals surface area (Å²) in [5.41, 5.74) is 0. The smallest absolute Gasteiger partial charge is 0.263 e. The van der Waals surface area contributed by atoms with Crippen molar-refractivity contribution in [1.29, 1.82) is 0 Å². The standard InChI is InChI=1S/C15H20ClNO2/c1-11-5-4-8-17(10-11)15(18)12(2)19-14-7-3-6-13(16)9-14/h3,6-7,9,11-12H,4-5,8,10H2,1-2H3. The van der Waals surface area contributed by atoms with Crippen LogP contribution in [0, 0.1) is 5.92 Å². The van der Waals surface area contributed by atoms with Gasteiger partial charge in [-0.15, -0.1) is 0 Å². The van der Waals surface area contributed by atoms with Crippen molar-refractivity contribution >= 4 is 17.5 Å². The van der Waals surface area contributed by atoms with Crippen LogP contribution < -0.4 is 4.74 Å². The van der Waals surface area contributed by atoms with Crippen LogP contribution in [0.5, 0.6) is 5.75 Å². The first-order valence-electron chi connectivity index (χ1n) is 6.77. The molecule has 19 heavy (non-hydrogen) atoms. The lowest BCUT2D eigenvalue weighted by Crippen LogP contribution is -2.45. The van der Waals surface area contributed by atoms with E-state index >= 15 is 0 Å². The summed E-state index contributed by atoms with van der Waals surface area (Å²) in [6, 6.07) is 7.14. The summed E-state index contributed by atoms with van der Waals surface area (Å²) in [6.45, 7) is 5.65. The Morgan fingerprint density at radius 2 is 2.32 bits per heavy atom. The quantitative estimate of drug-likeness (QED) is 0.850. The van der Waals surface area contributed by atoms with E-state index in [2.05, 4.69) is 6.92 Å². The minimum Gasteiger partial charge on any atom is -0.481 e. The molecule has 104 valence electrons. The summed E-state index contributed by atoms with van der Waals surface area (Å²) < 4.78 is 5.67. The second-order valence-corrected chi connectivity index (χ2v) is 5.69. The third-order valence-electron chi connectivity index (χ3n) is 3.43. The highest BCUT2D eigenvalue weighted by Crippen LogP contribution is 2.20. The Hall–Kier alpha value is -1.22. The SMILES string of the molecule is CC1CCCN(C(=O)C(C)Oc2cccc(Cl)c2)C1. The van der Waals surface area contributed by atoms with Gasteiger partial charge in [0.1, 0.15) is 5.75 Å². The number of likely N-dealkylation sites (tertiary alicyclic amines) is 1. The first-order valence-corrected chi connectivity index (χ1v) is 7.15. The third-order valence-corrected chi connectivity index (χ3v) is 3.66. The molecule has 4 heteroatoms. The number of rotatable bonds is 3. The van der Waals surface area contributed by atoms with Crippen molar-refractivity contribution in [1.82, 2.24) is 4.90 Å². The van der Waals surface area contributed by atoms with E-state index < -0.39 is 6.10 Å². The Kier molecular flexibility index (Phi) is 4.70. The van der Waals surface area contributed by atoms with E-state index in [0.29, 0.717) is 16.7 Å². The zero-order valence-corrected chi connectivity index (χ0v) is 12.2. The molecule has 1 amide bonds. The molecule has 1 aromatic carbocycles. The van der Waals surface area contributed by atoms with E-state index in [-0.39, 0.29) is 5.91 Å². The summed E-state index contributed by atoms with van der Waals surface area (Å²) in [6.07, 6.45) is 1.81. The van der Waals surface area contributed by atoms with Gasteiger partial charge in [0, 0.05) is 18.1 Å². The number of amides is 1. The maximum absolute atomic E-state index is 12.3.